The molecule has 1 N–H and O–H groups in total. The Morgan fingerprint density at radius 2 is 1.45 bits per heavy atom. The van der Waals surface area contributed by atoms with Gasteiger partial charge in [0.15, 0.2) is 6.61 Å². The van der Waals surface area contributed by atoms with Crippen molar-refractivity contribution >= 4 is 11.8 Å². The van der Waals surface area contributed by atoms with E-state index in [-0.39, 0.29) is 25.0 Å². The first-order valence-corrected chi connectivity index (χ1v) is 12.7. The van der Waals surface area contributed by atoms with Crippen LogP contribution in [0.15, 0.2) is 72.8 Å². The van der Waals surface area contributed by atoms with Gasteiger partial charge in [0.25, 0.3) is 5.91 Å². The van der Waals surface area contributed by atoms with Crippen molar-refractivity contribution in [3.05, 3.63) is 89.5 Å². The summed E-state index contributed by atoms with van der Waals surface area (Å²) in [7, 11) is 3.10. The number of carbonyl (C=O) groups excluding carboxylic acids is 2. The molecule has 2 amide bonds. The molecule has 0 saturated heterocycles. The molecule has 1 atom stereocenters. The van der Waals surface area contributed by atoms with E-state index in [0.29, 0.717) is 23.7 Å². The summed E-state index contributed by atoms with van der Waals surface area (Å²) in [6.07, 6.45) is 0.368. The summed E-state index contributed by atoms with van der Waals surface area (Å²) in [6.45, 7) is 7.80. The number of methoxy groups -OCH3 is 2. The van der Waals surface area contributed by atoms with E-state index >= 15 is 0 Å². The van der Waals surface area contributed by atoms with Crippen molar-refractivity contribution in [2.75, 3.05) is 20.8 Å². The molecule has 0 aliphatic heterocycles. The highest BCUT2D eigenvalue weighted by Crippen LogP contribution is 2.27. The van der Waals surface area contributed by atoms with Crippen LogP contribution in [-0.4, -0.2) is 49.1 Å². The van der Waals surface area contributed by atoms with Gasteiger partial charge < -0.3 is 24.4 Å². The topological polar surface area (TPSA) is 77.1 Å². The van der Waals surface area contributed by atoms with Crippen LogP contribution >= 0.6 is 0 Å². The van der Waals surface area contributed by atoms with Crippen molar-refractivity contribution in [3.63, 3.8) is 0 Å². The highest BCUT2D eigenvalue weighted by molar-refractivity contribution is 5.89. The van der Waals surface area contributed by atoms with Crippen LogP contribution in [-0.2, 0) is 22.6 Å². The Morgan fingerprint density at radius 1 is 0.868 bits per heavy atom. The number of hydrogen-bond donors (Lipinski definition) is 1. The number of hydrogen-bond acceptors (Lipinski definition) is 5. The highest BCUT2D eigenvalue weighted by Gasteiger charge is 2.32. The third-order valence-corrected chi connectivity index (χ3v) is 6.06. The number of amides is 2. The van der Waals surface area contributed by atoms with Crippen LogP contribution in [0.5, 0.6) is 17.2 Å². The van der Waals surface area contributed by atoms with Gasteiger partial charge in [0.05, 0.1) is 14.2 Å². The lowest BCUT2D eigenvalue weighted by atomic mass is 10.00. The molecule has 0 radical (unpaired) electrons. The number of rotatable bonds is 11. The van der Waals surface area contributed by atoms with E-state index in [2.05, 4.69) is 5.32 Å². The molecule has 0 aliphatic rings. The second kappa shape index (κ2) is 13.0. The predicted molar refractivity (Wildman–Crippen MR) is 149 cm³/mol. The molecule has 0 aromatic heterocycles. The molecule has 7 heteroatoms. The maximum Gasteiger partial charge on any atom is 0.261 e. The molecular formula is C31H38N2O5. The first-order chi connectivity index (χ1) is 18.1. The summed E-state index contributed by atoms with van der Waals surface area (Å²) in [5.41, 5.74) is 2.50. The summed E-state index contributed by atoms with van der Waals surface area (Å²) in [5.74, 6) is 1.01. The minimum atomic E-state index is -0.743. The van der Waals surface area contributed by atoms with Gasteiger partial charge in [0.1, 0.15) is 23.3 Å². The molecule has 38 heavy (non-hydrogen) atoms. The summed E-state index contributed by atoms with van der Waals surface area (Å²) < 4.78 is 16.5. The lowest BCUT2D eigenvalue weighted by molar-refractivity contribution is -0.143. The normalized spacial score (nSPS) is 11.8. The largest absolute Gasteiger partial charge is 0.496 e. The van der Waals surface area contributed by atoms with Gasteiger partial charge in [0, 0.05) is 36.7 Å². The Hall–Kier alpha value is -4.00. The molecule has 7 nitrogen and oxygen atoms in total. The van der Waals surface area contributed by atoms with E-state index in [1.54, 1.807) is 37.3 Å². The average molecular weight is 519 g/mol. The zero-order chi connectivity index (χ0) is 27.7. The van der Waals surface area contributed by atoms with Crippen molar-refractivity contribution in [1.82, 2.24) is 10.2 Å². The standard InChI is InChI=1S/C31H38N2O5/c1-22-12-10-11-15-24(22)20-33(29(34)21-38-27-18-25(36-5)17-26(19-27)37-6)28(30(35)32-31(2,3)4)16-23-13-8-7-9-14-23/h7-15,17-19,28H,16,20-21H2,1-6H3,(H,32,35). The maximum absolute atomic E-state index is 13.8. The van der Waals surface area contributed by atoms with E-state index in [0.717, 1.165) is 16.7 Å². The highest BCUT2D eigenvalue weighted by atomic mass is 16.5. The van der Waals surface area contributed by atoms with Crippen LogP contribution in [0.2, 0.25) is 0 Å². The second-order valence-electron chi connectivity index (χ2n) is 10.2. The number of ether oxygens (including phenoxy) is 3. The Morgan fingerprint density at radius 3 is 2.03 bits per heavy atom. The van der Waals surface area contributed by atoms with Crippen LogP contribution in [0, 0.1) is 6.92 Å². The van der Waals surface area contributed by atoms with Gasteiger partial charge in [-0.15, -0.1) is 0 Å². The first-order valence-electron chi connectivity index (χ1n) is 12.7. The second-order valence-corrected chi connectivity index (χ2v) is 10.2. The number of carbonyl (C=O) groups is 2. The van der Waals surface area contributed by atoms with E-state index in [9.17, 15) is 9.59 Å². The molecule has 1 unspecified atom stereocenters. The molecule has 0 aliphatic carbocycles. The minimum Gasteiger partial charge on any atom is -0.496 e. The molecule has 0 bridgehead atoms. The maximum atomic E-state index is 13.8. The van der Waals surface area contributed by atoms with Crippen molar-refractivity contribution in [2.45, 2.75) is 52.2 Å². The molecule has 0 spiro atoms. The third-order valence-electron chi connectivity index (χ3n) is 6.06. The quantitative estimate of drug-likeness (QED) is 0.389. The Balaban J connectivity index is 1.95. The van der Waals surface area contributed by atoms with Gasteiger partial charge in [0.2, 0.25) is 5.91 Å². The molecular weight excluding hydrogens is 480 g/mol. The van der Waals surface area contributed by atoms with Crippen molar-refractivity contribution in [3.8, 4) is 17.2 Å². The van der Waals surface area contributed by atoms with Crippen LogP contribution < -0.4 is 19.5 Å². The molecule has 0 heterocycles. The lowest BCUT2D eigenvalue weighted by Crippen LogP contribution is -2.55. The van der Waals surface area contributed by atoms with E-state index < -0.39 is 11.6 Å². The summed E-state index contributed by atoms with van der Waals surface area (Å²) in [5, 5.41) is 3.07. The lowest BCUT2D eigenvalue weighted by Gasteiger charge is -2.34. The number of aryl methyl sites for hydroxylation is 1. The van der Waals surface area contributed by atoms with Crippen molar-refractivity contribution in [1.29, 1.82) is 0 Å². The zero-order valence-corrected chi connectivity index (χ0v) is 23.1. The van der Waals surface area contributed by atoms with Gasteiger partial charge in [-0.2, -0.15) is 0 Å². The van der Waals surface area contributed by atoms with Gasteiger partial charge in [-0.3, -0.25) is 9.59 Å². The van der Waals surface area contributed by atoms with Crippen LogP contribution in [0.4, 0.5) is 0 Å². The number of nitrogens with one attached hydrogen (secondary N) is 1. The number of nitrogens with zero attached hydrogens (tertiary/aromatic N) is 1. The molecule has 3 rings (SSSR count). The number of benzene rings is 3. The van der Waals surface area contributed by atoms with E-state index in [4.69, 9.17) is 14.2 Å². The predicted octanol–water partition coefficient (Wildman–Crippen LogP) is 4.95. The van der Waals surface area contributed by atoms with Gasteiger partial charge >= 0.3 is 0 Å². The van der Waals surface area contributed by atoms with E-state index in [1.165, 1.54) is 0 Å². The Kier molecular flexibility index (Phi) is 9.77. The molecule has 0 saturated carbocycles. The zero-order valence-electron chi connectivity index (χ0n) is 23.1. The fourth-order valence-corrected chi connectivity index (χ4v) is 4.07. The van der Waals surface area contributed by atoms with Crippen LogP contribution in [0.1, 0.15) is 37.5 Å². The van der Waals surface area contributed by atoms with Crippen LogP contribution in [0.25, 0.3) is 0 Å². The minimum absolute atomic E-state index is 0.216. The molecule has 3 aromatic rings. The van der Waals surface area contributed by atoms with Gasteiger partial charge in [-0.25, -0.2) is 0 Å². The Labute approximate surface area is 225 Å². The molecule has 202 valence electrons. The van der Waals surface area contributed by atoms with Crippen molar-refractivity contribution < 1.29 is 23.8 Å². The fraction of sp³-hybridized carbons (Fsp3) is 0.355. The molecule has 0 fully saturated rings. The first kappa shape index (κ1) is 28.6. The SMILES string of the molecule is COc1cc(OC)cc(OCC(=O)N(Cc2ccccc2C)C(Cc2ccccc2)C(=O)NC(C)(C)C)c1. The third kappa shape index (κ3) is 8.26. The van der Waals surface area contributed by atoms with Crippen LogP contribution in [0.3, 0.4) is 0 Å². The Bertz CT molecular complexity index is 1200. The van der Waals surface area contributed by atoms with Gasteiger partial charge in [-0.1, -0.05) is 54.6 Å². The summed E-state index contributed by atoms with van der Waals surface area (Å²) in [4.78, 5) is 29.1. The monoisotopic (exact) mass is 518 g/mol. The molecule has 3 aromatic carbocycles. The smallest absolute Gasteiger partial charge is 0.261 e. The summed E-state index contributed by atoms with van der Waals surface area (Å²) >= 11 is 0. The summed E-state index contributed by atoms with van der Waals surface area (Å²) in [6, 6.07) is 22.0. The van der Waals surface area contributed by atoms with Gasteiger partial charge in [-0.05, 0) is 44.4 Å². The average Bonchev–Trinajstić information content (AvgIpc) is 2.89. The van der Waals surface area contributed by atoms with E-state index in [1.807, 2.05) is 82.3 Å². The van der Waals surface area contributed by atoms with Crippen molar-refractivity contribution in [2.24, 2.45) is 0 Å². The fourth-order valence-electron chi connectivity index (χ4n) is 4.07.